The van der Waals surface area contributed by atoms with Gasteiger partial charge in [-0.25, -0.2) is 9.97 Å². The Balaban J connectivity index is 2.18. The van der Waals surface area contributed by atoms with Gasteiger partial charge in [-0.3, -0.25) is 0 Å². The van der Waals surface area contributed by atoms with Crippen molar-refractivity contribution in [2.45, 2.75) is 0 Å². The summed E-state index contributed by atoms with van der Waals surface area (Å²) in [5.74, 6) is 1.12. The lowest BCUT2D eigenvalue weighted by molar-refractivity contribution is -0.362. The van der Waals surface area contributed by atoms with Crippen molar-refractivity contribution < 1.29 is 10.8 Å². The molecule has 0 aliphatic rings. The van der Waals surface area contributed by atoms with Crippen LogP contribution in [0.5, 0.6) is 5.75 Å². The van der Waals surface area contributed by atoms with E-state index in [2.05, 4.69) is 21.0 Å². The topological polar surface area (TPSA) is 88.5 Å². The van der Waals surface area contributed by atoms with Gasteiger partial charge >= 0.3 is 0 Å². The number of hydrogen-bond donors (Lipinski definition) is 2. The second kappa shape index (κ2) is 5.76. The number of nitrogens with one attached hydrogen (secondary N) is 1. The van der Waals surface area contributed by atoms with Crippen molar-refractivity contribution in [2.75, 3.05) is 18.4 Å². The van der Waals surface area contributed by atoms with Crippen LogP contribution in [0.3, 0.4) is 0 Å². The van der Waals surface area contributed by atoms with Crippen molar-refractivity contribution in [3.05, 3.63) is 48.5 Å². The van der Waals surface area contributed by atoms with E-state index in [9.17, 15) is 5.11 Å². The first-order chi connectivity index (χ1) is 10.3. The highest BCUT2D eigenvalue weighted by Gasteiger charge is 2.09. The van der Waals surface area contributed by atoms with Crippen LogP contribution in [0.4, 0.5) is 5.82 Å². The summed E-state index contributed by atoms with van der Waals surface area (Å²) in [7, 11) is 0. The smallest absolute Gasteiger partial charge is 0.161 e. The number of nitrogens with zero attached hydrogens (tertiary/aromatic N) is 2. The molecule has 21 heavy (non-hydrogen) atoms. The third-order valence-electron chi connectivity index (χ3n) is 3.20. The predicted octanol–water partition coefficient (Wildman–Crippen LogP) is 1.02. The minimum Gasteiger partial charge on any atom is -0.872 e. The van der Waals surface area contributed by atoms with Crippen molar-refractivity contribution in [3.8, 4) is 17.1 Å². The molecule has 1 aromatic heterocycles. The standard InChI is InChI=1S/C16H16N4O/c17-9-10-18-15-11-5-1-3-7-13(11)19-16(20-15)12-6-2-4-8-14(12)21/h1-8,21H,9-10,17H2,(H,18,19,20). The fourth-order valence-corrected chi connectivity index (χ4v) is 2.19. The van der Waals surface area contributed by atoms with E-state index in [-0.39, 0.29) is 5.75 Å². The largest absolute Gasteiger partial charge is 0.872 e. The van der Waals surface area contributed by atoms with Gasteiger partial charge in [0.25, 0.3) is 0 Å². The Labute approximate surface area is 122 Å². The van der Waals surface area contributed by atoms with Crippen LogP contribution in [0.25, 0.3) is 22.3 Å². The van der Waals surface area contributed by atoms with Crippen LogP contribution in [0.1, 0.15) is 0 Å². The lowest BCUT2D eigenvalue weighted by Crippen LogP contribution is -2.53. The van der Waals surface area contributed by atoms with Gasteiger partial charge in [0.15, 0.2) is 5.82 Å². The fraction of sp³-hybridized carbons (Fsp3) is 0.125. The van der Waals surface area contributed by atoms with E-state index in [1.165, 1.54) is 6.07 Å². The SMILES string of the molecule is [NH3+]CCNc1nc(-c2ccccc2[O-])nc2ccccc12. The van der Waals surface area contributed by atoms with E-state index in [0.717, 1.165) is 29.8 Å². The van der Waals surface area contributed by atoms with Crippen LogP contribution in [-0.4, -0.2) is 23.1 Å². The number of anilines is 1. The zero-order valence-corrected chi connectivity index (χ0v) is 11.5. The molecule has 5 nitrogen and oxygen atoms in total. The maximum Gasteiger partial charge on any atom is 0.161 e. The first-order valence-electron chi connectivity index (χ1n) is 6.86. The van der Waals surface area contributed by atoms with Gasteiger partial charge < -0.3 is 16.2 Å². The number of hydrogen-bond acceptors (Lipinski definition) is 4. The molecule has 5 heteroatoms. The van der Waals surface area contributed by atoms with Gasteiger partial charge in [0.05, 0.1) is 18.6 Å². The summed E-state index contributed by atoms with van der Waals surface area (Å²) in [5.41, 5.74) is 5.15. The first-order valence-corrected chi connectivity index (χ1v) is 6.86. The van der Waals surface area contributed by atoms with Gasteiger partial charge in [-0.2, -0.15) is 0 Å². The molecule has 0 fully saturated rings. The normalized spacial score (nSPS) is 10.7. The molecule has 4 N–H and O–H groups in total. The quantitative estimate of drug-likeness (QED) is 0.747. The number of quaternary nitrogens is 1. The molecule has 106 valence electrons. The number of aromatic nitrogens is 2. The molecule has 3 rings (SSSR count). The molecule has 0 amide bonds. The molecule has 0 atom stereocenters. The molecule has 0 aliphatic heterocycles. The Kier molecular flexibility index (Phi) is 3.66. The minimum absolute atomic E-state index is 0.0733. The van der Waals surface area contributed by atoms with Crippen LogP contribution in [0, 0.1) is 0 Å². The van der Waals surface area contributed by atoms with Gasteiger partial charge in [-0.1, -0.05) is 42.1 Å². The second-order valence-corrected chi connectivity index (χ2v) is 4.69. The summed E-state index contributed by atoms with van der Waals surface area (Å²) in [6.45, 7) is 1.48. The predicted molar refractivity (Wildman–Crippen MR) is 80.7 cm³/mol. The summed E-state index contributed by atoms with van der Waals surface area (Å²) in [4.78, 5) is 9.03. The highest BCUT2D eigenvalue weighted by atomic mass is 16.3. The molecular formula is C16H16N4O. The first kappa shape index (κ1) is 13.3. The Morgan fingerprint density at radius 1 is 1.00 bits per heavy atom. The summed E-state index contributed by atoms with van der Waals surface area (Å²) in [6.07, 6.45) is 0. The summed E-state index contributed by atoms with van der Waals surface area (Å²) in [5, 5.41) is 16.2. The number of fused-ring (bicyclic) bond motifs is 1. The van der Waals surface area contributed by atoms with Crippen molar-refractivity contribution in [2.24, 2.45) is 0 Å². The lowest BCUT2D eigenvalue weighted by atomic mass is 10.1. The molecule has 0 saturated heterocycles. The molecule has 0 radical (unpaired) electrons. The van der Waals surface area contributed by atoms with E-state index in [1.807, 2.05) is 30.3 Å². The summed E-state index contributed by atoms with van der Waals surface area (Å²) in [6, 6.07) is 14.6. The van der Waals surface area contributed by atoms with Crippen LogP contribution < -0.4 is 16.2 Å². The molecular weight excluding hydrogens is 264 g/mol. The zero-order chi connectivity index (χ0) is 14.7. The van der Waals surface area contributed by atoms with Gasteiger partial charge in [0.1, 0.15) is 5.82 Å². The van der Waals surface area contributed by atoms with Crippen molar-refractivity contribution in [3.63, 3.8) is 0 Å². The summed E-state index contributed by atoms with van der Waals surface area (Å²) < 4.78 is 0. The maximum atomic E-state index is 12.0. The average molecular weight is 280 g/mol. The Bertz CT molecular complexity index is 773. The van der Waals surface area contributed by atoms with Crippen LogP contribution in [-0.2, 0) is 0 Å². The van der Waals surface area contributed by atoms with E-state index >= 15 is 0 Å². The van der Waals surface area contributed by atoms with Crippen molar-refractivity contribution in [1.29, 1.82) is 0 Å². The highest BCUT2D eigenvalue weighted by Crippen LogP contribution is 2.28. The highest BCUT2D eigenvalue weighted by molar-refractivity contribution is 5.90. The molecule has 0 aliphatic carbocycles. The van der Waals surface area contributed by atoms with Crippen LogP contribution >= 0.6 is 0 Å². The second-order valence-electron chi connectivity index (χ2n) is 4.69. The third kappa shape index (κ3) is 2.64. The Morgan fingerprint density at radius 2 is 1.76 bits per heavy atom. The van der Waals surface area contributed by atoms with Crippen molar-refractivity contribution in [1.82, 2.24) is 9.97 Å². The molecule has 0 spiro atoms. The third-order valence-corrected chi connectivity index (χ3v) is 3.20. The number of para-hydroxylation sites is 2. The minimum atomic E-state index is -0.0733. The monoisotopic (exact) mass is 280 g/mol. The van der Waals surface area contributed by atoms with E-state index in [1.54, 1.807) is 12.1 Å². The molecule has 1 heterocycles. The molecule has 0 unspecified atom stereocenters. The van der Waals surface area contributed by atoms with Gasteiger partial charge in [0.2, 0.25) is 0 Å². The van der Waals surface area contributed by atoms with E-state index in [0.29, 0.717) is 11.4 Å². The molecule has 0 saturated carbocycles. The van der Waals surface area contributed by atoms with Gasteiger partial charge in [-0.15, -0.1) is 0 Å². The lowest BCUT2D eigenvalue weighted by Gasteiger charge is -2.14. The molecule has 2 aromatic carbocycles. The summed E-state index contributed by atoms with van der Waals surface area (Å²) >= 11 is 0. The van der Waals surface area contributed by atoms with Crippen LogP contribution in [0.2, 0.25) is 0 Å². The van der Waals surface area contributed by atoms with Crippen LogP contribution in [0.15, 0.2) is 48.5 Å². The average Bonchev–Trinajstić information content (AvgIpc) is 2.53. The Morgan fingerprint density at radius 3 is 2.57 bits per heavy atom. The fourth-order valence-electron chi connectivity index (χ4n) is 2.19. The number of benzene rings is 2. The molecule has 3 aromatic rings. The zero-order valence-electron chi connectivity index (χ0n) is 11.5. The van der Waals surface area contributed by atoms with E-state index in [4.69, 9.17) is 0 Å². The number of rotatable bonds is 4. The van der Waals surface area contributed by atoms with Gasteiger partial charge in [-0.05, 0) is 12.1 Å². The van der Waals surface area contributed by atoms with Gasteiger partial charge in [0, 0.05) is 10.9 Å². The van der Waals surface area contributed by atoms with Crippen molar-refractivity contribution >= 4 is 16.7 Å². The van der Waals surface area contributed by atoms with E-state index < -0.39 is 0 Å². The molecule has 0 bridgehead atoms. The maximum absolute atomic E-state index is 12.0. The Hall–Kier alpha value is -2.66.